The monoisotopic (exact) mass is 262 g/mol. The molecule has 0 radical (unpaired) electrons. The van der Waals surface area contributed by atoms with E-state index in [0.29, 0.717) is 5.92 Å². The van der Waals surface area contributed by atoms with Gasteiger partial charge in [0.2, 0.25) is 0 Å². The minimum atomic E-state index is -0.202. The maximum absolute atomic E-state index is 6.44. The summed E-state index contributed by atoms with van der Waals surface area (Å²) >= 11 is 6.44. The summed E-state index contributed by atoms with van der Waals surface area (Å²) in [5, 5.41) is -0.202. The Morgan fingerprint density at radius 2 is 1.61 bits per heavy atom. The third-order valence-corrected chi connectivity index (χ3v) is 3.64. The molecule has 96 valence electrons. The van der Waals surface area contributed by atoms with Crippen LogP contribution in [0.1, 0.15) is 54.7 Å². The Kier molecular flexibility index (Phi) is 4.13. The second-order valence-corrected chi connectivity index (χ2v) is 5.28. The van der Waals surface area contributed by atoms with E-state index in [1.807, 2.05) is 12.1 Å². The van der Waals surface area contributed by atoms with Crippen molar-refractivity contribution in [3.05, 3.63) is 59.0 Å². The van der Waals surface area contributed by atoms with Gasteiger partial charge in [-0.05, 0) is 29.2 Å². The number of hydrogen-bond donors (Lipinski definition) is 0. The molecule has 0 aliphatic carbocycles. The van der Waals surface area contributed by atoms with Crippen LogP contribution >= 0.6 is 11.6 Å². The molecule has 0 bridgehead atoms. The van der Waals surface area contributed by atoms with Gasteiger partial charge in [0, 0.05) is 6.42 Å². The molecule has 1 unspecified atom stereocenters. The Morgan fingerprint density at radius 3 is 2.11 bits per heavy atom. The molecule has 0 aliphatic rings. The first-order valence-corrected chi connectivity index (χ1v) is 6.88. The number of furan rings is 1. The van der Waals surface area contributed by atoms with Gasteiger partial charge in [-0.1, -0.05) is 45.0 Å². The number of rotatable bonds is 4. The van der Waals surface area contributed by atoms with Crippen molar-refractivity contribution < 1.29 is 4.42 Å². The summed E-state index contributed by atoms with van der Waals surface area (Å²) in [4.78, 5) is 0. The average molecular weight is 263 g/mol. The van der Waals surface area contributed by atoms with Gasteiger partial charge < -0.3 is 4.42 Å². The highest BCUT2D eigenvalue weighted by molar-refractivity contribution is 6.22. The Bertz CT molecular complexity index is 496. The van der Waals surface area contributed by atoms with E-state index in [1.54, 1.807) is 0 Å². The van der Waals surface area contributed by atoms with Gasteiger partial charge >= 0.3 is 0 Å². The lowest BCUT2D eigenvalue weighted by Crippen LogP contribution is -1.93. The summed E-state index contributed by atoms with van der Waals surface area (Å²) in [7, 11) is 0. The lowest BCUT2D eigenvalue weighted by atomic mass is 10.0. The van der Waals surface area contributed by atoms with Crippen molar-refractivity contribution in [1.82, 2.24) is 0 Å². The van der Waals surface area contributed by atoms with Crippen LogP contribution in [0.15, 0.2) is 40.8 Å². The third-order valence-electron chi connectivity index (χ3n) is 3.18. The van der Waals surface area contributed by atoms with Crippen LogP contribution in [-0.2, 0) is 6.42 Å². The van der Waals surface area contributed by atoms with Crippen molar-refractivity contribution in [2.75, 3.05) is 0 Å². The van der Waals surface area contributed by atoms with Gasteiger partial charge in [-0.2, -0.15) is 0 Å². The van der Waals surface area contributed by atoms with E-state index in [2.05, 4.69) is 45.0 Å². The second kappa shape index (κ2) is 5.62. The first kappa shape index (κ1) is 13.2. The quantitative estimate of drug-likeness (QED) is 0.682. The molecule has 2 rings (SSSR count). The average Bonchev–Trinajstić information content (AvgIpc) is 2.86. The van der Waals surface area contributed by atoms with Crippen molar-refractivity contribution >= 4 is 11.6 Å². The third kappa shape index (κ3) is 2.78. The molecule has 1 nitrogen and oxygen atoms in total. The molecule has 0 spiro atoms. The van der Waals surface area contributed by atoms with Gasteiger partial charge in [0.05, 0.1) is 0 Å². The number of aryl methyl sites for hydroxylation is 1. The summed E-state index contributed by atoms with van der Waals surface area (Å²) in [6.07, 6.45) is 0.899. The molecule has 0 aliphatic heterocycles. The second-order valence-electron chi connectivity index (χ2n) is 4.84. The predicted octanol–water partition coefficient (Wildman–Crippen LogP) is 5.29. The van der Waals surface area contributed by atoms with Crippen LogP contribution in [0.25, 0.3) is 0 Å². The Hall–Kier alpha value is -1.21. The zero-order chi connectivity index (χ0) is 13.1. The van der Waals surface area contributed by atoms with Crippen molar-refractivity contribution in [3.8, 4) is 0 Å². The first-order valence-electron chi connectivity index (χ1n) is 6.44. The maximum Gasteiger partial charge on any atom is 0.126 e. The molecule has 0 fully saturated rings. The highest BCUT2D eigenvalue weighted by Crippen LogP contribution is 2.31. The maximum atomic E-state index is 6.44. The summed E-state index contributed by atoms with van der Waals surface area (Å²) in [5.41, 5.74) is 2.41. The van der Waals surface area contributed by atoms with Crippen molar-refractivity contribution in [3.63, 3.8) is 0 Å². The molecule has 0 saturated heterocycles. The number of benzene rings is 1. The molecule has 1 heterocycles. The van der Waals surface area contributed by atoms with E-state index in [9.17, 15) is 0 Å². The molecule has 0 N–H and O–H groups in total. The molecule has 18 heavy (non-hydrogen) atoms. The van der Waals surface area contributed by atoms with Crippen LogP contribution in [0.3, 0.4) is 0 Å². The van der Waals surface area contributed by atoms with E-state index < -0.39 is 0 Å². The molecular weight excluding hydrogens is 244 g/mol. The fourth-order valence-electron chi connectivity index (χ4n) is 1.93. The molecule has 1 aromatic heterocycles. The molecule has 0 saturated carbocycles. The van der Waals surface area contributed by atoms with Crippen LogP contribution < -0.4 is 0 Å². The fraction of sp³-hybridized carbons (Fsp3) is 0.375. The van der Waals surface area contributed by atoms with E-state index >= 15 is 0 Å². The van der Waals surface area contributed by atoms with E-state index in [4.69, 9.17) is 16.0 Å². The largest absolute Gasteiger partial charge is 0.464 e. The van der Waals surface area contributed by atoms with Crippen LogP contribution in [0, 0.1) is 0 Å². The number of hydrogen-bond acceptors (Lipinski definition) is 1. The first-order chi connectivity index (χ1) is 8.61. The molecule has 1 atom stereocenters. The van der Waals surface area contributed by atoms with Crippen LogP contribution in [0.4, 0.5) is 0 Å². The molecule has 1 aromatic carbocycles. The Balaban J connectivity index is 2.20. The lowest BCUT2D eigenvalue weighted by molar-refractivity contribution is 0.474. The van der Waals surface area contributed by atoms with Gasteiger partial charge in [-0.25, -0.2) is 0 Å². The smallest absolute Gasteiger partial charge is 0.126 e. The van der Waals surface area contributed by atoms with Crippen LogP contribution in [0.5, 0.6) is 0 Å². The van der Waals surface area contributed by atoms with Crippen LogP contribution in [0.2, 0.25) is 0 Å². The molecular formula is C16H19ClO. The highest BCUT2D eigenvalue weighted by Gasteiger charge is 2.14. The van der Waals surface area contributed by atoms with Crippen molar-refractivity contribution in [2.24, 2.45) is 0 Å². The minimum absolute atomic E-state index is 0.202. The molecule has 0 amide bonds. The van der Waals surface area contributed by atoms with E-state index in [0.717, 1.165) is 23.5 Å². The molecule has 2 aromatic rings. The van der Waals surface area contributed by atoms with Gasteiger partial charge in [-0.3, -0.25) is 0 Å². The van der Waals surface area contributed by atoms with Crippen molar-refractivity contribution in [2.45, 2.75) is 38.5 Å². The van der Waals surface area contributed by atoms with E-state index in [-0.39, 0.29) is 5.38 Å². The topological polar surface area (TPSA) is 13.1 Å². The summed E-state index contributed by atoms with van der Waals surface area (Å²) in [6.45, 7) is 6.45. The molecule has 2 heteroatoms. The summed E-state index contributed by atoms with van der Waals surface area (Å²) in [6, 6.07) is 12.4. The summed E-state index contributed by atoms with van der Waals surface area (Å²) < 4.78 is 5.69. The SMILES string of the molecule is CCc1ccc(C(Cl)c2ccc(C(C)C)cc2)o1. The lowest BCUT2D eigenvalue weighted by Gasteiger charge is -2.10. The van der Waals surface area contributed by atoms with Crippen LogP contribution in [-0.4, -0.2) is 0 Å². The zero-order valence-corrected chi connectivity index (χ0v) is 11.9. The van der Waals surface area contributed by atoms with Gasteiger partial charge in [-0.15, -0.1) is 11.6 Å². The zero-order valence-electron chi connectivity index (χ0n) is 11.1. The summed E-state index contributed by atoms with van der Waals surface area (Å²) in [5.74, 6) is 2.35. The predicted molar refractivity (Wildman–Crippen MR) is 76.3 cm³/mol. The van der Waals surface area contributed by atoms with Crippen molar-refractivity contribution in [1.29, 1.82) is 0 Å². The normalized spacial score (nSPS) is 12.9. The highest BCUT2D eigenvalue weighted by atomic mass is 35.5. The minimum Gasteiger partial charge on any atom is -0.464 e. The fourth-order valence-corrected chi connectivity index (χ4v) is 2.20. The Morgan fingerprint density at radius 1 is 1.00 bits per heavy atom. The van der Waals surface area contributed by atoms with Gasteiger partial charge in [0.1, 0.15) is 16.9 Å². The number of alkyl halides is 1. The standard InChI is InChI=1S/C16H19ClO/c1-4-14-9-10-15(18-14)16(17)13-7-5-12(6-8-13)11(2)3/h5-11,16H,4H2,1-3H3. The van der Waals surface area contributed by atoms with E-state index in [1.165, 1.54) is 5.56 Å². The van der Waals surface area contributed by atoms with Gasteiger partial charge in [0.15, 0.2) is 0 Å². The number of halogens is 1. The Labute approximate surface area is 114 Å². The van der Waals surface area contributed by atoms with Gasteiger partial charge in [0.25, 0.3) is 0 Å².